The standard InChI is InChI=1S/C24H30N4O6SSi/c1-23(2,3)17-12-24(34-36(4)5,20(29)19-21-26(15-25-19)10-11-35-21)27(13-17)22(30)33-14-16-6-8-18(9-7-16)28(31)32/h6-11,15,17,36H,12-14H2,1-5H3/t17-,24-/m0/s1. The molecule has 1 saturated heterocycles. The van der Waals surface area contributed by atoms with Crippen LogP contribution in [0, 0.1) is 21.4 Å². The van der Waals surface area contributed by atoms with Crippen molar-refractivity contribution in [2.24, 2.45) is 11.3 Å². The highest BCUT2D eigenvalue weighted by atomic mass is 32.1. The van der Waals surface area contributed by atoms with E-state index in [0.29, 0.717) is 23.4 Å². The van der Waals surface area contributed by atoms with E-state index in [9.17, 15) is 19.7 Å². The highest BCUT2D eigenvalue weighted by Gasteiger charge is 2.58. The molecule has 2 aromatic heterocycles. The van der Waals surface area contributed by atoms with Gasteiger partial charge in [0.05, 0.1) is 4.92 Å². The van der Waals surface area contributed by atoms with Crippen molar-refractivity contribution < 1.29 is 23.7 Å². The van der Waals surface area contributed by atoms with Crippen LogP contribution in [0.15, 0.2) is 42.2 Å². The number of aromatic nitrogens is 2. The number of nitrogens with zero attached hydrogens (tertiary/aromatic N) is 4. The molecule has 36 heavy (non-hydrogen) atoms. The molecule has 1 aliphatic rings. The van der Waals surface area contributed by atoms with Crippen molar-refractivity contribution in [2.75, 3.05) is 6.54 Å². The van der Waals surface area contributed by atoms with E-state index in [1.54, 1.807) is 22.9 Å². The molecule has 0 spiro atoms. The second-order valence-electron chi connectivity index (χ2n) is 10.3. The minimum Gasteiger partial charge on any atom is -0.444 e. The molecule has 1 fully saturated rings. The molecular formula is C24H30N4O6SSi. The molecule has 0 bridgehead atoms. The number of carbonyl (C=O) groups is 2. The lowest BCUT2D eigenvalue weighted by atomic mass is 9.78. The lowest BCUT2D eigenvalue weighted by molar-refractivity contribution is -0.384. The first-order valence-electron chi connectivity index (χ1n) is 11.7. The Hall–Kier alpha value is -3.09. The van der Waals surface area contributed by atoms with Crippen LogP contribution in [0.4, 0.5) is 10.5 Å². The van der Waals surface area contributed by atoms with Gasteiger partial charge < -0.3 is 9.16 Å². The Morgan fingerprint density at radius 2 is 1.97 bits per heavy atom. The van der Waals surface area contributed by atoms with Crippen LogP contribution in [-0.4, -0.2) is 52.4 Å². The maximum atomic E-state index is 14.2. The van der Waals surface area contributed by atoms with Crippen LogP contribution in [0.1, 0.15) is 43.2 Å². The second kappa shape index (κ2) is 9.75. The number of amides is 1. The van der Waals surface area contributed by atoms with Gasteiger partial charge in [-0.2, -0.15) is 0 Å². The number of nitro benzene ring substituents is 1. The summed E-state index contributed by atoms with van der Waals surface area (Å²) in [7, 11) is -1.82. The third kappa shape index (κ3) is 4.93. The largest absolute Gasteiger partial charge is 0.444 e. The van der Waals surface area contributed by atoms with E-state index in [2.05, 4.69) is 25.8 Å². The fraction of sp³-hybridized carbons (Fsp3) is 0.458. The van der Waals surface area contributed by atoms with E-state index >= 15 is 0 Å². The number of thiazole rings is 1. The number of Topliss-reactive ketones (excluding diaryl/α,β-unsaturated/α-hetero) is 1. The summed E-state index contributed by atoms with van der Waals surface area (Å²) in [5.74, 6) is -0.352. The average molecular weight is 531 g/mol. The number of benzene rings is 1. The van der Waals surface area contributed by atoms with Gasteiger partial charge in [0.25, 0.3) is 5.69 Å². The number of non-ortho nitro benzene ring substituents is 1. The van der Waals surface area contributed by atoms with Crippen LogP contribution in [-0.2, 0) is 15.8 Å². The molecule has 1 amide bonds. The Labute approximate surface area is 214 Å². The number of imidazole rings is 1. The zero-order valence-electron chi connectivity index (χ0n) is 21.0. The molecule has 4 rings (SSSR count). The Kier molecular flexibility index (Phi) is 7.04. The number of likely N-dealkylation sites (tertiary alicyclic amines) is 1. The zero-order chi connectivity index (χ0) is 26.3. The molecule has 0 aliphatic carbocycles. The molecule has 1 aromatic carbocycles. The number of rotatable bonds is 7. The predicted molar refractivity (Wildman–Crippen MR) is 138 cm³/mol. The molecule has 0 radical (unpaired) electrons. The summed E-state index contributed by atoms with van der Waals surface area (Å²) < 4.78 is 13.9. The maximum Gasteiger partial charge on any atom is 0.412 e. The summed E-state index contributed by atoms with van der Waals surface area (Å²) in [6.45, 7) is 10.4. The molecule has 1 aliphatic heterocycles. The lowest BCUT2D eigenvalue weighted by Gasteiger charge is -2.37. The van der Waals surface area contributed by atoms with Gasteiger partial charge in [0.2, 0.25) is 11.5 Å². The molecular weight excluding hydrogens is 500 g/mol. The van der Waals surface area contributed by atoms with Gasteiger partial charge in [0.15, 0.2) is 9.04 Å². The van der Waals surface area contributed by atoms with Gasteiger partial charge in [-0.3, -0.25) is 24.2 Å². The number of ketones is 1. The molecule has 3 aromatic rings. The van der Waals surface area contributed by atoms with E-state index in [-0.39, 0.29) is 35.1 Å². The summed E-state index contributed by atoms with van der Waals surface area (Å²) in [4.78, 5) is 44.6. The molecule has 2 atom stereocenters. The normalized spacial score (nSPS) is 20.3. The molecule has 3 heterocycles. The van der Waals surface area contributed by atoms with E-state index in [4.69, 9.17) is 9.16 Å². The van der Waals surface area contributed by atoms with Gasteiger partial charge in [-0.05, 0) is 42.1 Å². The first kappa shape index (κ1) is 26.0. The smallest absolute Gasteiger partial charge is 0.412 e. The molecule has 12 heteroatoms. The first-order valence-corrected chi connectivity index (χ1v) is 15.4. The number of hydrogen-bond donors (Lipinski definition) is 0. The molecule has 10 nitrogen and oxygen atoms in total. The lowest BCUT2D eigenvalue weighted by Crippen LogP contribution is -2.57. The fourth-order valence-electron chi connectivity index (χ4n) is 4.46. The molecule has 0 N–H and O–H groups in total. The van der Waals surface area contributed by atoms with Crippen LogP contribution in [0.25, 0.3) is 4.83 Å². The van der Waals surface area contributed by atoms with Crippen LogP contribution < -0.4 is 0 Å². The summed E-state index contributed by atoms with van der Waals surface area (Å²) in [5, 5.41) is 12.8. The first-order chi connectivity index (χ1) is 16.9. The van der Waals surface area contributed by atoms with Crippen molar-refractivity contribution in [3.05, 3.63) is 63.5 Å². The van der Waals surface area contributed by atoms with Crippen molar-refractivity contribution in [2.45, 2.75) is 52.6 Å². The molecule has 0 saturated carbocycles. The maximum absolute atomic E-state index is 14.2. The molecule has 0 unspecified atom stereocenters. The summed E-state index contributed by atoms with van der Waals surface area (Å²) in [5.41, 5.74) is -0.859. The van der Waals surface area contributed by atoms with Gasteiger partial charge >= 0.3 is 6.09 Å². The number of ether oxygens (including phenoxy) is 1. The number of hydrogen-bond acceptors (Lipinski definition) is 8. The minimum absolute atomic E-state index is 0.0115. The third-order valence-electron chi connectivity index (χ3n) is 6.47. The summed E-state index contributed by atoms with van der Waals surface area (Å²) >= 11 is 1.40. The quantitative estimate of drug-likeness (QED) is 0.185. The van der Waals surface area contributed by atoms with E-state index in [1.807, 2.05) is 24.7 Å². The van der Waals surface area contributed by atoms with Crippen molar-refractivity contribution >= 4 is 42.8 Å². The van der Waals surface area contributed by atoms with E-state index < -0.39 is 25.8 Å². The zero-order valence-corrected chi connectivity index (χ0v) is 22.9. The SMILES string of the molecule is C[SiH](C)O[C@]1(C(=O)c2ncn3ccsc23)C[C@H](C(C)(C)C)CN1C(=O)OCc1ccc([N+](=O)[O-])cc1. The van der Waals surface area contributed by atoms with Crippen molar-refractivity contribution in [1.29, 1.82) is 0 Å². The van der Waals surface area contributed by atoms with Crippen LogP contribution in [0.3, 0.4) is 0 Å². The molecule has 192 valence electrons. The average Bonchev–Trinajstić information content (AvgIpc) is 3.51. The number of carbonyl (C=O) groups excluding carboxylic acids is 2. The van der Waals surface area contributed by atoms with Gasteiger partial charge in [-0.25, -0.2) is 9.78 Å². The van der Waals surface area contributed by atoms with E-state index in [1.165, 1.54) is 28.4 Å². The Bertz CT molecular complexity index is 1280. The van der Waals surface area contributed by atoms with Crippen LogP contribution in [0.5, 0.6) is 0 Å². The van der Waals surface area contributed by atoms with Crippen LogP contribution in [0.2, 0.25) is 13.1 Å². The topological polar surface area (TPSA) is 116 Å². The summed E-state index contributed by atoms with van der Waals surface area (Å²) in [6.07, 6.45) is 3.10. The van der Waals surface area contributed by atoms with Crippen LogP contribution >= 0.6 is 11.3 Å². The minimum atomic E-state index is -1.82. The van der Waals surface area contributed by atoms with E-state index in [0.717, 1.165) is 0 Å². The Morgan fingerprint density at radius 3 is 2.58 bits per heavy atom. The number of fused-ring (bicyclic) bond motifs is 1. The second-order valence-corrected chi connectivity index (χ2v) is 13.6. The van der Waals surface area contributed by atoms with Crippen molar-refractivity contribution in [3.63, 3.8) is 0 Å². The third-order valence-corrected chi connectivity index (χ3v) is 8.21. The Morgan fingerprint density at radius 1 is 1.28 bits per heavy atom. The van der Waals surface area contributed by atoms with Gasteiger partial charge in [0, 0.05) is 36.7 Å². The van der Waals surface area contributed by atoms with Gasteiger partial charge in [-0.1, -0.05) is 20.8 Å². The Balaban J connectivity index is 1.67. The highest BCUT2D eigenvalue weighted by molar-refractivity contribution is 7.15. The number of nitro groups is 1. The summed E-state index contributed by atoms with van der Waals surface area (Å²) in [6, 6.07) is 5.81. The van der Waals surface area contributed by atoms with Crippen molar-refractivity contribution in [3.8, 4) is 0 Å². The predicted octanol–water partition coefficient (Wildman–Crippen LogP) is 4.89. The van der Waals surface area contributed by atoms with Crippen molar-refractivity contribution in [1.82, 2.24) is 14.3 Å². The van der Waals surface area contributed by atoms with Gasteiger partial charge in [-0.15, -0.1) is 11.3 Å². The van der Waals surface area contributed by atoms with Gasteiger partial charge in [0.1, 0.15) is 23.5 Å². The highest BCUT2D eigenvalue weighted by Crippen LogP contribution is 2.45. The fourth-order valence-corrected chi connectivity index (χ4v) is 6.38. The monoisotopic (exact) mass is 530 g/mol.